The molecule has 4 rings (SSSR count). The largest absolute Gasteiger partial charge is 0.350 e. The van der Waals surface area contributed by atoms with E-state index in [9.17, 15) is 19.2 Å². The summed E-state index contributed by atoms with van der Waals surface area (Å²) >= 11 is 0. The van der Waals surface area contributed by atoms with E-state index in [1.165, 1.54) is 0 Å². The van der Waals surface area contributed by atoms with Gasteiger partial charge in [0, 0.05) is 42.1 Å². The lowest BCUT2D eigenvalue weighted by atomic mass is 10.2. The van der Waals surface area contributed by atoms with Crippen molar-refractivity contribution in [1.82, 2.24) is 10.6 Å². The first kappa shape index (κ1) is 25.4. The number of anilines is 3. The number of carbonyl (C=O) groups is 4. The van der Waals surface area contributed by atoms with Gasteiger partial charge in [-0.25, -0.2) is 4.79 Å². The summed E-state index contributed by atoms with van der Waals surface area (Å²) in [5.74, 6) is -0.635. The maximum absolute atomic E-state index is 12.4. The number of aryl methyl sites for hydroxylation is 1. The van der Waals surface area contributed by atoms with E-state index in [4.69, 9.17) is 0 Å². The molecule has 0 spiro atoms. The minimum atomic E-state index is -0.375. The van der Waals surface area contributed by atoms with E-state index in [0.717, 1.165) is 23.2 Å². The molecule has 1 heterocycles. The molecule has 3 aromatic rings. The SMILES string of the molecule is Cc1cccc(NC(=O)Nc2cccc(CNC(=O)CNC(=O)c3ccc(N4CCCC4=O)cc3)c2)c1. The number of nitrogens with zero attached hydrogens (tertiary/aromatic N) is 1. The Labute approximate surface area is 215 Å². The van der Waals surface area contributed by atoms with E-state index >= 15 is 0 Å². The third-order valence-electron chi connectivity index (χ3n) is 5.87. The van der Waals surface area contributed by atoms with Gasteiger partial charge >= 0.3 is 6.03 Å². The van der Waals surface area contributed by atoms with Gasteiger partial charge in [-0.3, -0.25) is 14.4 Å². The van der Waals surface area contributed by atoms with Crippen molar-refractivity contribution in [3.63, 3.8) is 0 Å². The van der Waals surface area contributed by atoms with Gasteiger partial charge in [-0.05, 0) is 73.0 Å². The van der Waals surface area contributed by atoms with Crippen LogP contribution < -0.4 is 26.2 Å². The van der Waals surface area contributed by atoms with Crippen molar-refractivity contribution in [3.05, 3.63) is 89.5 Å². The second kappa shape index (κ2) is 11.9. The summed E-state index contributed by atoms with van der Waals surface area (Å²) < 4.78 is 0. The number of hydrogen-bond acceptors (Lipinski definition) is 4. The zero-order valence-corrected chi connectivity index (χ0v) is 20.5. The van der Waals surface area contributed by atoms with Gasteiger partial charge in [0.2, 0.25) is 11.8 Å². The van der Waals surface area contributed by atoms with Crippen LogP contribution in [0.15, 0.2) is 72.8 Å². The Bertz CT molecular complexity index is 1310. The van der Waals surface area contributed by atoms with Crippen LogP contribution in [0.25, 0.3) is 0 Å². The van der Waals surface area contributed by atoms with Crippen molar-refractivity contribution in [3.8, 4) is 0 Å². The van der Waals surface area contributed by atoms with E-state index in [-0.39, 0.29) is 36.8 Å². The molecular formula is C28H29N5O4. The molecule has 0 saturated carbocycles. The molecule has 4 N–H and O–H groups in total. The molecule has 0 aromatic heterocycles. The highest BCUT2D eigenvalue weighted by Crippen LogP contribution is 2.21. The number of nitrogens with one attached hydrogen (secondary N) is 4. The Balaban J connectivity index is 1.21. The predicted octanol–water partition coefficient (Wildman–Crippen LogP) is 3.81. The van der Waals surface area contributed by atoms with Crippen LogP contribution in [0.2, 0.25) is 0 Å². The zero-order chi connectivity index (χ0) is 26.2. The maximum atomic E-state index is 12.4. The normalized spacial score (nSPS) is 12.7. The number of benzene rings is 3. The monoisotopic (exact) mass is 499 g/mol. The summed E-state index contributed by atoms with van der Waals surface area (Å²) in [6.45, 7) is 2.69. The Morgan fingerprint density at radius 3 is 2.24 bits per heavy atom. The summed E-state index contributed by atoms with van der Waals surface area (Å²) in [7, 11) is 0. The molecule has 190 valence electrons. The van der Waals surface area contributed by atoms with Crippen molar-refractivity contribution >= 4 is 40.8 Å². The summed E-state index contributed by atoms with van der Waals surface area (Å²) in [6.07, 6.45) is 1.38. The minimum Gasteiger partial charge on any atom is -0.350 e. The first-order valence-electron chi connectivity index (χ1n) is 12.1. The molecular weight excluding hydrogens is 470 g/mol. The molecule has 1 aliphatic heterocycles. The third kappa shape index (κ3) is 7.17. The summed E-state index contributed by atoms with van der Waals surface area (Å²) in [4.78, 5) is 50.5. The molecule has 3 aromatic carbocycles. The lowest BCUT2D eigenvalue weighted by Gasteiger charge is -2.15. The molecule has 0 radical (unpaired) electrons. The first-order chi connectivity index (χ1) is 17.9. The zero-order valence-electron chi connectivity index (χ0n) is 20.5. The number of hydrogen-bond donors (Lipinski definition) is 4. The molecule has 0 aliphatic carbocycles. The Kier molecular flexibility index (Phi) is 8.15. The highest BCUT2D eigenvalue weighted by atomic mass is 16.2. The lowest BCUT2D eigenvalue weighted by molar-refractivity contribution is -0.120. The molecule has 9 nitrogen and oxygen atoms in total. The van der Waals surface area contributed by atoms with Crippen LogP contribution in [0.1, 0.15) is 34.3 Å². The van der Waals surface area contributed by atoms with Gasteiger partial charge in [-0.15, -0.1) is 0 Å². The summed E-state index contributed by atoms with van der Waals surface area (Å²) in [6, 6.07) is 21.0. The van der Waals surface area contributed by atoms with Crippen LogP contribution in [-0.4, -0.2) is 36.8 Å². The Hall–Kier alpha value is -4.66. The highest BCUT2D eigenvalue weighted by Gasteiger charge is 2.21. The van der Waals surface area contributed by atoms with Crippen molar-refractivity contribution in [2.45, 2.75) is 26.3 Å². The van der Waals surface area contributed by atoms with Gasteiger partial charge in [0.15, 0.2) is 0 Å². The molecule has 5 amide bonds. The van der Waals surface area contributed by atoms with Crippen molar-refractivity contribution in [2.75, 3.05) is 28.6 Å². The fourth-order valence-electron chi connectivity index (χ4n) is 4.01. The fraction of sp³-hybridized carbons (Fsp3) is 0.214. The van der Waals surface area contributed by atoms with Crippen LogP contribution in [-0.2, 0) is 16.1 Å². The average molecular weight is 500 g/mol. The lowest BCUT2D eigenvalue weighted by Crippen LogP contribution is -2.36. The van der Waals surface area contributed by atoms with E-state index in [1.807, 2.05) is 37.3 Å². The number of carbonyl (C=O) groups excluding carboxylic acids is 4. The average Bonchev–Trinajstić information content (AvgIpc) is 3.32. The number of urea groups is 1. The van der Waals surface area contributed by atoms with Crippen molar-refractivity contribution in [1.29, 1.82) is 0 Å². The van der Waals surface area contributed by atoms with Crippen molar-refractivity contribution in [2.24, 2.45) is 0 Å². The topological polar surface area (TPSA) is 120 Å². The van der Waals surface area contributed by atoms with Crippen LogP contribution in [0.4, 0.5) is 21.9 Å². The number of rotatable bonds is 8. The Morgan fingerprint density at radius 1 is 0.865 bits per heavy atom. The summed E-state index contributed by atoms with van der Waals surface area (Å²) in [5, 5.41) is 10.9. The van der Waals surface area contributed by atoms with Gasteiger partial charge in [-0.2, -0.15) is 0 Å². The molecule has 1 fully saturated rings. The first-order valence-corrected chi connectivity index (χ1v) is 12.1. The van der Waals surface area contributed by atoms with E-state index < -0.39 is 0 Å². The molecule has 37 heavy (non-hydrogen) atoms. The van der Waals surface area contributed by atoms with Crippen molar-refractivity contribution < 1.29 is 19.2 Å². The summed E-state index contributed by atoms with van der Waals surface area (Å²) in [5.41, 5.74) is 4.29. The standard InChI is InChI=1S/C28H29N5O4/c1-19-5-2-7-22(15-19)31-28(37)32-23-8-3-6-20(16-23)17-29-25(34)18-30-27(36)21-10-12-24(13-11-21)33-14-4-9-26(33)35/h2-3,5-8,10-13,15-16H,4,9,14,17-18H2,1H3,(H,29,34)(H,30,36)(H2,31,32,37). The van der Waals surface area contributed by atoms with Gasteiger partial charge in [-0.1, -0.05) is 24.3 Å². The van der Waals surface area contributed by atoms with Gasteiger partial charge in [0.1, 0.15) is 0 Å². The molecule has 0 atom stereocenters. The van der Waals surface area contributed by atoms with Crippen LogP contribution in [0, 0.1) is 6.92 Å². The van der Waals surface area contributed by atoms with E-state index in [0.29, 0.717) is 29.9 Å². The quantitative estimate of drug-likeness (QED) is 0.377. The predicted molar refractivity (Wildman–Crippen MR) is 142 cm³/mol. The second-order valence-corrected chi connectivity index (χ2v) is 8.80. The smallest absolute Gasteiger partial charge is 0.323 e. The number of amides is 5. The second-order valence-electron chi connectivity index (χ2n) is 8.80. The minimum absolute atomic E-state index is 0.0840. The molecule has 1 saturated heterocycles. The van der Waals surface area contributed by atoms with Crippen LogP contribution >= 0.6 is 0 Å². The van der Waals surface area contributed by atoms with E-state index in [1.54, 1.807) is 47.4 Å². The molecule has 0 unspecified atom stereocenters. The molecule has 0 bridgehead atoms. The Morgan fingerprint density at radius 2 is 1.57 bits per heavy atom. The molecule has 9 heteroatoms. The molecule has 1 aliphatic rings. The highest BCUT2D eigenvalue weighted by molar-refractivity contribution is 6.00. The van der Waals surface area contributed by atoms with Gasteiger partial charge in [0.25, 0.3) is 5.91 Å². The van der Waals surface area contributed by atoms with Gasteiger partial charge < -0.3 is 26.2 Å². The third-order valence-corrected chi connectivity index (χ3v) is 5.87. The van der Waals surface area contributed by atoms with Crippen LogP contribution in [0.5, 0.6) is 0 Å². The van der Waals surface area contributed by atoms with Gasteiger partial charge in [0.05, 0.1) is 6.54 Å². The maximum Gasteiger partial charge on any atom is 0.323 e. The van der Waals surface area contributed by atoms with E-state index in [2.05, 4.69) is 21.3 Å². The fourth-order valence-corrected chi connectivity index (χ4v) is 4.01. The van der Waals surface area contributed by atoms with Crippen LogP contribution in [0.3, 0.4) is 0 Å².